The van der Waals surface area contributed by atoms with Crippen molar-refractivity contribution in [3.8, 4) is 11.6 Å². The number of nitrogens with one attached hydrogen (secondary N) is 1. The van der Waals surface area contributed by atoms with Crippen LogP contribution in [0.1, 0.15) is 23.2 Å². The summed E-state index contributed by atoms with van der Waals surface area (Å²) in [5.41, 5.74) is 4.61. The zero-order valence-electron chi connectivity index (χ0n) is 11.1. The number of hydrogen-bond donors (Lipinski definition) is 2. The number of para-hydroxylation sites is 1. The monoisotopic (exact) mass is 272 g/mol. The highest BCUT2D eigenvalue weighted by atomic mass is 16.5. The lowest BCUT2D eigenvalue weighted by atomic mass is 9.91. The van der Waals surface area contributed by atoms with E-state index in [9.17, 15) is 0 Å². The maximum absolute atomic E-state index is 5.74. The van der Waals surface area contributed by atoms with Crippen LogP contribution in [0.4, 0.5) is 0 Å². The van der Waals surface area contributed by atoms with Crippen molar-refractivity contribution < 1.29 is 9.47 Å². The van der Waals surface area contributed by atoms with Crippen LogP contribution in [0.25, 0.3) is 0 Å². The Bertz CT molecular complexity index is 605. The standard InChI is InChI=1S/C14H16N4O2/c1-19-14-13(16-6-7-17-14)12(18-15)10-8-20-11-5-3-2-4-9(10)11/h2-7,10,12,18H,8,15H2,1H3. The first-order valence-electron chi connectivity index (χ1n) is 6.38. The van der Waals surface area contributed by atoms with E-state index in [1.165, 1.54) is 0 Å². The van der Waals surface area contributed by atoms with E-state index in [1.807, 2.05) is 24.3 Å². The zero-order valence-corrected chi connectivity index (χ0v) is 11.1. The summed E-state index contributed by atoms with van der Waals surface area (Å²) in [6, 6.07) is 7.72. The molecule has 1 aliphatic heterocycles. The maximum atomic E-state index is 5.74. The molecule has 0 spiro atoms. The third kappa shape index (κ3) is 2.09. The molecule has 2 unspecified atom stereocenters. The Hall–Kier alpha value is -2.18. The summed E-state index contributed by atoms with van der Waals surface area (Å²) < 4.78 is 11.0. The van der Waals surface area contributed by atoms with Crippen molar-refractivity contribution in [2.45, 2.75) is 12.0 Å². The van der Waals surface area contributed by atoms with Gasteiger partial charge in [-0.15, -0.1) is 0 Å². The highest BCUT2D eigenvalue weighted by Crippen LogP contribution is 2.41. The first-order chi connectivity index (χ1) is 9.85. The van der Waals surface area contributed by atoms with Crippen LogP contribution in [0.3, 0.4) is 0 Å². The lowest BCUT2D eigenvalue weighted by Crippen LogP contribution is -2.34. The average molecular weight is 272 g/mol. The van der Waals surface area contributed by atoms with Crippen molar-refractivity contribution in [1.29, 1.82) is 0 Å². The fraction of sp³-hybridized carbons (Fsp3) is 0.286. The molecule has 0 radical (unpaired) electrons. The van der Waals surface area contributed by atoms with E-state index >= 15 is 0 Å². The SMILES string of the molecule is COc1nccnc1C(NN)C1COc2ccccc21. The molecule has 0 bridgehead atoms. The number of nitrogens with two attached hydrogens (primary N) is 1. The Kier molecular flexibility index (Phi) is 3.49. The van der Waals surface area contributed by atoms with Crippen molar-refractivity contribution in [3.05, 3.63) is 47.9 Å². The molecular formula is C14H16N4O2. The van der Waals surface area contributed by atoms with Gasteiger partial charge in [-0.25, -0.2) is 4.98 Å². The first-order valence-corrected chi connectivity index (χ1v) is 6.38. The largest absolute Gasteiger partial charge is 0.493 e. The molecule has 1 aromatic heterocycles. The fourth-order valence-electron chi connectivity index (χ4n) is 2.56. The van der Waals surface area contributed by atoms with E-state index in [4.69, 9.17) is 15.3 Å². The Balaban J connectivity index is 1.99. The van der Waals surface area contributed by atoms with Crippen LogP contribution in [-0.4, -0.2) is 23.7 Å². The Labute approximate surface area is 116 Å². The molecule has 1 aliphatic rings. The molecule has 104 valence electrons. The van der Waals surface area contributed by atoms with Gasteiger partial charge in [-0.2, -0.15) is 0 Å². The number of ether oxygens (including phenoxy) is 2. The molecule has 0 saturated heterocycles. The second kappa shape index (κ2) is 5.44. The molecule has 2 aromatic rings. The summed E-state index contributed by atoms with van der Waals surface area (Å²) in [5.74, 6) is 7.17. The minimum absolute atomic E-state index is 0.0711. The number of methoxy groups -OCH3 is 1. The lowest BCUT2D eigenvalue weighted by Gasteiger charge is -2.22. The van der Waals surface area contributed by atoms with E-state index in [1.54, 1.807) is 19.5 Å². The smallest absolute Gasteiger partial charge is 0.237 e. The predicted octanol–water partition coefficient (Wildman–Crippen LogP) is 1.17. The molecule has 3 rings (SSSR count). The van der Waals surface area contributed by atoms with Crippen LogP contribution in [0.5, 0.6) is 11.6 Å². The van der Waals surface area contributed by atoms with Gasteiger partial charge in [-0.3, -0.25) is 16.3 Å². The summed E-state index contributed by atoms with van der Waals surface area (Å²) in [6.07, 6.45) is 3.22. The van der Waals surface area contributed by atoms with Gasteiger partial charge in [0.15, 0.2) is 0 Å². The molecule has 0 fully saturated rings. The molecule has 2 heterocycles. The van der Waals surface area contributed by atoms with Crippen molar-refractivity contribution in [2.75, 3.05) is 13.7 Å². The average Bonchev–Trinajstić information content (AvgIpc) is 2.93. The molecule has 6 nitrogen and oxygen atoms in total. The van der Waals surface area contributed by atoms with E-state index in [0.717, 1.165) is 11.3 Å². The van der Waals surface area contributed by atoms with Crippen LogP contribution in [0.2, 0.25) is 0 Å². The molecule has 6 heteroatoms. The van der Waals surface area contributed by atoms with Gasteiger partial charge in [0.25, 0.3) is 0 Å². The third-order valence-electron chi connectivity index (χ3n) is 3.50. The van der Waals surface area contributed by atoms with E-state index < -0.39 is 0 Å². The van der Waals surface area contributed by atoms with Crippen LogP contribution in [0, 0.1) is 0 Å². The summed E-state index contributed by atoms with van der Waals surface area (Å²) in [6.45, 7) is 0.550. The second-order valence-electron chi connectivity index (χ2n) is 4.55. The molecule has 0 amide bonds. The molecule has 2 atom stereocenters. The molecule has 0 saturated carbocycles. The number of nitrogens with zero attached hydrogens (tertiary/aromatic N) is 2. The number of benzene rings is 1. The van der Waals surface area contributed by atoms with Crippen LogP contribution in [-0.2, 0) is 0 Å². The van der Waals surface area contributed by atoms with Gasteiger partial charge < -0.3 is 9.47 Å². The van der Waals surface area contributed by atoms with Crippen molar-refractivity contribution in [2.24, 2.45) is 5.84 Å². The van der Waals surface area contributed by atoms with Crippen molar-refractivity contribution in [1.82, 2.24) is 15.4 Å². The minimum atomic E-state index is -0.220. The van der Waals surface area contributed by atoms with Gasteiger partial charge in [0.1, 0.15) is 11.4 Å². The molecule has 0 aliphatic carbocycles. The first kappa shape index (κ1) is 12.8. The maximum Gasteiger partial charge on any atom is 0.237 e. The van der Waals surface area contributed by atoms with E-state index in [-0.39, 0.29) is 12.0 Å². The normalized spacial score (nSPS) is 18.2. The molecule has 3 N–H and O–H groups in total. The van der Waals surface area contributed by atoms with Gasteiger partial charge in [0.05, 0.1) is 19.8 Å². The molecule has 20 heavy (non-hydrogen) atoms. The summed E-state index contributed by atoms with van der Waals surface area (Å²) in [5, 5.41) is 0. The summed E-state index contributed by atoms with van der Waals surface area (Å²) >= 11 is 0. The third-order valence-corrected chi connectivity index (χ3v) is 3.50. The summed E-state index contributed by atoms with van der Waals surface area (Å²) in [7, 11) is 1.57. The minimum Gasteiger partial charge on any atom is -0.493 e. The summed E-state index contributed by atoms with van der Waals surface area (Å²) in [4.78, 5) is 8.52. The number of rotatable bonds is 4. The number of fused-ring (bicyclic) bond motifs is 1. The van der Waals surface area contributed by atoms with Gasteiger partial charge in [-0.1, -0.05) is 18.2 Å². The molecular weight excluding hydrogens is 256 g/mol. The van der Waals surface area contributed by atoms with Crippen LogP contribution < -0.4 is 20.7 Å². The number of hydrogen-bond acceptors (Lipinski definition) is 6. The lowest BCUT2D eigenvalue weighted by molar-refractivity contribution is 0.292. The zero-order chi connectivity index (χ0) is 13.9. The Morgan fingerprint density at radius 2 is 2.15 bits per heavy atom. The quantitative estimate of drug-likeness (QED) is 0.642. The number of aromatic nitrogens is 2. The van der Waals surface area contributed by atoms with Gasteiger partial charge >= 0.3 is 0 Å². The van der Waals surface area contributed by atoms with Gasteiger partial charge in [0.2, 0.25) is 5.88 Å². The van der Waals surface area contributed by atoms with E-state index in [0.29, 0.717) is 18.2 Å². The van der Waals surface area contributed by atoms with Crippen molar-refractivity contribution >= 4 is 0 Å². The Morgan fingerprint density at radius 3 is 2.95 bits per heavy atom. The second-order valence-corrected chi connectivity index (χ2v) is 4.55. The number of hydrazine groups is 1. The van der Waals surface area contributed by atoms with Crippen LogP contribution in [0.15, 0.2) is 36.7 Å². The van der Waals surface area contributed by atoms with E-state index in [2.05, 4.69) is 15.4 Å². The fourth-order valence-corrected chi connectivity index (χ4v) is 2.56. The van der Waals surface area contributed by atoms with Crippen molar-refractivity contribution in [3.63, 3.8) is 0 Å². The highest BCUT2D eigenvalue weighted by molar-refractivity contribution is 5.42. The highest BCUT2D eigenvalue weighted by Gasteiger charge is 2.34. The van der Waals surface area contributed by atoms with Gasteiger partial charge in [-0.05, 0) is 6.07 Å². The Morgan fingerprint density at radius 1 is 1.35 bits per heavy atom. The predicted molar refractivity (Wildman–Crippen MR) is 73.3 cm³/mol. The van der Waals surface area contributed by atoms with Gasteiger partial charge in [0, 0.05) is 23.9 Å². The molecule has 1 aromatic carbocycles. The topological polar surface area (TPSA) is 82.3 Å². The van der Waals surface area contributed by atoms with Crippen LogP contribution >= 0.6 is 0 Å².